The predicted molar refractivity (Wildman–Crippen MR) is 97.6 cm³/mol. The first-order valence-corrected chi connectivity index (χ1v) is 9.02. The fraction of sp³-hybridized carbons (Fsp3) is 0.278. The Kier molecular flexibility index (Phi) is 7.00. The summed E-state index contributed by atoms with van der Waals surface area (Å²) >= 11 is 9.15. The molecule has 2 aromatic carbocycles. The zero-order valence-corrected chi connectivity index (χ0v) is 16.4. The number of alkyl halides is 3. The number of hydrogen-bond donors (Lipinski definition) is 1. The predicted octanol–water partition coefficient (Wildman–Crippen LogP) is 6.55. The summed E-state index contributed by atoms with van der Waals surface area (Å²) in [6.45, 7) is 1.83. The molecular formula is C18H15BrClF3O4. The van der Waals surface area contributed by atoms with E-state index in [2.05, 4.69) is 15.9 Å². The second-order valence-electron chi connectivity index (χ2n) is 5.57. The Bertz CT molecular complexity index is 827. The van der Waals surface area contributed by atoms with Gasteiger partial charge in [-0.05, 0) is 52.7 Å². The van der Waals surface area contributed by atoms with Crippen molar-refractivity contribution >= 4 is 33.5 Å². The highest BCUT2D eigenvalue weighted by atomic mass is 79.9. The molecule has 0 amide bonds. The van der Waals surface area contributed by atoms with Gasteiger partial charge in [-0.1, -0.05) is 24.9 Å². The van der Waals surface area contributed by atoms with E-state index in [0.29, 0.717) is 17.3 Å². The van der Waals surface area contributed by atoms with Crippen LogP contribution in [-0.4, -0.2) is 17.2 Å². The van der Waals surface area contributed by atoms with Crippen LogP contribution >= 0.6 is 27.5 Å². The fourth-order valence-corrected chi connectivity index (χ4v) is 2.73. The molecule has 0 aliphatic carbocycles. The third-order valence-corrected chi connectivity index (χ3v) is 4.44. The highest BCUT2D eigenvalue weighted by molar-refractivity contribution is 9.10. The summed E-state index contributed by atoms with van der Waals surface area (Å²) < 4.78 is 49.7. The molecule has 0 aliphatic heterocycles. The zero-order valence-electron chi connectivity index (χ0n) is 14.0. The van der Waals surface area contributed by atoms with Crippen molar-refractivity contribution in [3.05, 3.63) is 51.5 Å². The Morgan fingerprint density at radius 3 is 2.48 bits per heavy atom. The van der Waals surface area contributed by atoms with E-state index in [1.54, 1.807) is 12.1 Å². The average molecular weight is 468 g/mol. The van der Waals surface area contributed by atoms with Gasteiger partial charge in [-0.25, -0.2) is 4.79 Å². The Morgan fingerprint density at radius 1 is 1.22 bits per heavy atom. The van der Waals surface area contributed by atoms with Gasteiger partial charge in [-0.3, -0.25) is 0 Å². The smallest absolute Gasteiger partial charge is 0.416 e. The first-order chi connectivity index (χ1) is 12.6. The monoisotopic (exact) mass is 466 g/mol. The summed E-state index contributed by atoms with van der Waals surface area (Å²) in [5.41, 5.74) is -0.886. The first kappa shape index (κ1) is 21.4. The number of hydrogen-bond acceptors (Lipinski definition) is 3. The lowest BCUT2D eigenvalue weighted by atomic mass is 10.2. The van der Waals surface area contributed by atoms with Crippen molar-refractivity contribution in [2.75, 3.05) is 0 Å². The maximum atomic E-state index is 12.7. The minimum absolute atomic E-state index is 0.0290. The molecule has 1 atom stereocenters. The van der Waals surface area contributed by atoms with Crippen molar-refractivity contribution in [1.29, 1.82) is 0 Å². The van der Waals surface area contributed by atoms with Crippen LogP contribution in [0.3, 0.4) is 0 Å². The van der Waals surface area contributed by atoms with E-state index < -0.39 is 23.8 Å². The summed E-state index contributed by atoms with van der Waals surface area (Å²) in [5.74, 6) is -0.603. The Hall–Kier alpha value is -1.93. The van der Waals surface area contributed by atoms with Crippen LogP contribution in [0.5, 0.6) is 17.2 Å². The van der Waals surface area contributed by atoms with E-state index in [1.165, 1.54) is 6.07 Å². The molecule has 9 heteroatoms. The molecule has 146 valence electrons. The van der Waals surface area contributed by atoms with Crippen LogP contribution in [0.4, 0.5) is 13.2 Å². The van der Waals surface area contributed by atoms with E-state index >= 15 is 0 Å². The van der Waals surface area contributed by atoms with Gasteiger partial charge >= 0.3 is 12.1 Å². The van der Waals surface area contributed by atoms with Crippen LogP contribution in [0.2, 0.25) is 5.02 Å². The van der Waals surface area contributed by atoms with Gasteiger partial charge in [0, 0.05) is 6.07 Å². The van der Waals surface area contributed by atoms with E-state index in [1.807, 2.05) is 6.92 Å². The van der Waals surface area contributed by atoms with Crippen molar-refractivity contribution in [1.82, 2.24) is 0 Å². The zero-order chi connectivity index (χ0) is 20.2. The summed E-state index contributed by atoms with van der Waals surface area (Å²) in [6, 6.07) is 7.30. The molecule has 0 fully saturated rings. The van der Waals surface area contributed by atoms with Gasteiger partial charge in [0.15, 0.2) is 6.10 Å². The Labute approximate surface area is 167 Å². The third kappa shape index (κ3) is 5.77. The summed E-state index contributed by atoms with van der Waals surface area (Å²) in [6.07, 6.45) is -4.61. The Morgan fingerprint density at radius 2 is 1.93 bits per heavy atom. The van der Waals surface area contributed by atoms with Crippen LogP contribution in [0, 0.1) is 0 Å². The highest BCUT2D eigenvalue weighted by Gasteiger charge is 2.31. The largest absolute Gasteiger partial charge is 0.479 e. The lowest BCUT2D eigenvalue weighted by Crippen LogP contribution is -2.26. The quantitative estimate of drug-likeness (QED) is 0.502. The molecule has 2 aromatic rings. The SMILES string of the molecule is CCCC(Oc1cc(Oc2ccc(C(F)(F)F)cc2Cl)ccc1Br)C(=O)O. The lowest BCUT2D eigenvalue weighted by molar-refractivity contribution is -0.145. The van der Waals surface area contributed by atoms with E-state index in [4.69, 9.17) is 21.1 Å². The second-order valence-corrected chi connectivity index (χ2v) is 6.83. The van der Waals surface area contributed by atoms with Crippen molar-refractivity contribution in [2.24, 2.45) is 0 Å². The van der Waals surface area contributed by atoms with Gasteiger partial charge in [0.2, 0.25) is 0 Å². The van der Waals surface area contributed by atoms with E-state index in [9.17, 15) is 23.1 Å². The molecular weight excluding hydrogens is 453 g/mol. The van der Waals surface area contributed by atoms with Crippen molar-refractivity contribution in [3.8, 4) is 17.2 Å². The molecule has 0 radical (unpaired) electrons. The van der Waals surface area contributed by atoms with Crippen molar-refractivity contribution in [3.63, 3.8) is 0 Å². The number of rotatable bonds is 7. The summed E-state index contributed by atoms with van der Waals surface area (Å²) in [5, 5.41) is 9.00. The molecule has 0 heterocycles. The highest BCUT2D eigenvalue weighted by Crippen LogP contribution is 2.38. The number of halogens is 5. The maximum Gasteiger partial charge on any atom is 0.416 e. The number of benzene rings is 2. The molecule has 1 N–H and O–H groups in total. The van der Waals surface area contributed by atoms with Crippen LogP contribution in [0.15, 0.2) is 40.9 Å². The fourth-order valence-electron chi connectivity index (χ4n) is 2.17. The van der Waals surface area contributed by atoms with Crippen LogP contribution in [-0.2, 0) is 11.0 Å². The molecule has 27 heavy (non-hydrogen) atoms. The summed E-state index contributed by atoms with van der Waals surface area (Å²) in [4.78, 5) is 11.3. The van der Waals surface area contributed by atoms with E-state index in [-0.39, 0.29) is 22.3 Å². The van der Waals surface area contributed by atoms with Crippen molar-refractivity contribution in [2.45, 2.75) is 32.0 Å². The Balaban J connectivity index is 2.24. The standard InChI is InChI=1S/C18H15BrClF3O4/c1-2-3-15(17(24)25)27-16-9-11(5-6-12(16)19)26-14-7-4-10(8-13(14)20)18(21,22)23/h4-9,15H,2-3H2,1H3,(H,24,25). The third-order valence-electron chi connectivity index (χ3n) is 3.49. The molecule has 0 bridgehead atoms. The van der Waals surface area contributed by atoms with Gasteiger partial charge < -0.3 is 14.6 Å². The molecule has 1 unspecified atom stereocenters. The molecule has 0 saturated heterocycles. The minimum Gasteiger partial charge on any atom is -0.479 e. The van der Waals surface area contributed by atoms with Gasteiger partial charge in [0.25, 0.3) is 0 Å². The second kappa shape index (κ2) is 8.84. The molecule has 0 aliphatic rings. The molecule has 0 spiro atoms. The molecule has 0 aromatic heterocycles. The summed E-state index contributed by atoms with van der Waals surface area (Å²) in [7, 11) is 0. The van der Waals surface area contributed by atoms with Gasteiger partial charge in [-0.15, -0.1) is 0 Å². The molecule has 4 nitrogen and oxygen atoms in total. The number of aliphatic carboxylic acids is 1. The number of carboxylic acids is 1. The van der Waals surface area contributed by atoms with Gasteiger partial charge in [-0.2, -0.15) is 13.2 Å². The molecule has 0 saturated carbocycles. The number of carboxylic acid groups (broad SMARTS) is 1. The van der Waals surface area contributed by atoms with Crippen LogP contribution in [0.25, 0.3) is 0 Å². The van der Waals surface area contributed by atoms with Gasteiger partial charge in [0.05, 0.1) is 15.1 Å². The molecule has 2 rings (SSSR count). The topological polar surface area (TPSA) is 55.8 Å². The van der Waals surface area contributed by atoms with Gasteiger partial charge in [0.1, 0.15) is 17.2 Å². The maximum absolute atomic E-state index is 12.7. The first-order valence-electron chi connectivity index (χ1n) is 7.85. The van der Waals surface area contributed by atoms with Crippen molar-refractivity contribution < 1.29 is 32.5 Å². The average Bonchev–Trinajstić information content (AvgIpc) is 2.58. The van der Waals surface area contributed by atoms with Crippen LogP contribution in [0.1, 0.15) is 25.3 Å². The lowest BCUT2D eigenvalue weighted by Gasteiger charge is -2.17. The number of carbonyl (C=O) groups is 1. The normalized spacial score (nSPS) is 12.5. The number of ether oxygens (including phenoxy) is 2. The van der Waals surface area contributed by atoms with Crippen LogP contribution < -0.4 is 9.47 Å². The minimum atomic E-state index is -4.51. The van der Waals surface area contributed by atoms with E-state index in [0.717, 1.165) is 18.2 Å².